The first-order valence-corrected chi connectivity index (χ1v) is 14.4. The lowest BCUT2D eigenvalue weighted by atomic mass is 9.85. The van der Waals surface area contributed by atoms with Crippen molar-refractivity contribution >= 4 is 34.6 Å². The number of para-hydroxylation sites is 3. The number of hydrogen-bond acceptors (Lipinski definition) is 5. The van der Waals surface area contributed by atoms with E-state index in [4.69, 9.17) is 15.1 Å². The molecule has 3 heterocycles. The van der Waals surface area contributed by atoms with Crippen LogP contribution in [0.2, 0.25) is 0 Å². The van der Waals surface area contributed by atoms with Crippen LogP contribution >= 0.6 is 0 Å². The summed E-state index contributed by atoms with van der Waals surface area (Å²) in [4.78, 5) is 12.8. The number of amidine groups is 2. The van der Waals surface area contributed by atoms with Gasteiger partial charge in [-0.2, -0.15) is 5.10 Å². The van der Waals surface area contributed by atoms with Crippen LogP contribution in [0.4, 0.5) is 22.9 Å². The number of benzene rings is 4. The predicted octanol–water partition coefficient (Wildman–Crippen LogP) is 8.58. The summed E-state index contributed by atoms with van der Waals surface area (Å²) in [6.45, 7) is 10.9. The fourth-order valence-corrected chi connectivity index (χ4v) is 5.80. The van der Waals surface area contributed by atoms with Gasteiger partial charge in [-0.3, -0.25) is 0 Å². The minimum Gasteiger partial charge on any atom is -0.337 e. The largest absolute Gasteiger partial charge is 0.337 e. The van der Waals surface area contributed by atoms with Crippen molar-refractivity contribution in [3.8, 4) is 5.69 Å². The van der Waals surface area contributed by atoms with Crippen LogP contribution in [0.3, 0.4) is 0 Å². The van der Waals surface area contributed by atoms with Gasteiger partial charge >= 0.3 is 0 Å². The molecule has 0 aliphatic carbocycles. The minimum absolute atomic E-state index is 0.0620. The fourth-order valence-electron chi connectivity index (χ4n) is 5.80. The Balaban J connectivity index is 1.47. The normalized spacial score (nSPS) is 15.7. The van der Waals surface area contributed by atoms with Crippen LogP contribution < -0.4 is 10.2 Å². The number of rotatable bonds is 3. The molecule has 0 bridgehead atoms. The molecule has 1 aromatic heterocycles. The Kier molecular flexibility index (Phi) is 6.08. The van der Waals surface area contributed by atoms with Gasteiger partial charge in [0.05, 0.1) is 28.8 Å². The molecule has 0 fully saturated rings. The zero-order valence-corrected chi connectivity index (χ0v) is 24.6. The highest BCUT2D eigenvalue weighted by atomic mass is 15.4. The van der Waals surface area contributed by atoms with Crippen LogP contribution in [0.25, 0.3) is 5.69 Å². The van der Waals surface area contributed by atoms with Crippen LogP contribution in [-0.4, -0.2) is 21.5 Å². The summed E-state index contributed by atoms with van der Waals surface area (Å²) < 4.78 is 1.97. The highest BCUT2D eigenvalue weighted by molar-refractivity contribution is 6.51. The molecule has 2 aliphatic rings. The topological polar surface area (TPSA) is 57.8 Å². The number of aryl methyl sites for hydroxylation is 2. The maximum atomic E-state index is 5.34. The first kappa shape index (κ1) is 26.0. The summed E-state index contributed by atoms with van der Waals surface area (Å²) in [5.41, 5.74) is 9.66. The van der Waals surface area contributed by atoms with E-state index >= 15 is 0 Å². The van der Waals surface area contributed by atoms with Crippen LogP contribution in [0.5, 0.6) is 0 Å². The first-order valence-electron chi connectivity index (χ1n) is 14.4. The first-order chi connectivity index (χ1) is 20.3. The maximum absolute atomic E-state index is 5.34. The Morgan fingerprint density at radius 3 is 2.14 bits per heavy atom. The van der Waals surface area contributed by atoms with Crippen molar-refractivity contribution in [3.05, 3.63) is 131 Å². The molecule has 42 heavy (non-hydrogen) atoms. The fraction of sp³-hybridized carbons (Fsp3) is 0.194. The molecule has 208 valence electrons. The molecule has 1 atom stereocenters. The van der Waals surface area contributed by atoms with Gasteiger partial charge < -0.3 is 10.2 Å². The monoisotopic (exact) mass is 550 g/mol. The van der Waals surface area contributed by atoms with Gasteiger partial charge in [-0.1, -0.05) is 93.1 Å². The van der Waals surface area contributed by atoms with Gasteiger partial charge in [0.25, 0.3) is 0 Å². The molecule has 4 aromatic carbocycles. The number of aliphatic imine (C=N–C) groups is 2. The summed E-state index contributed by atoms with van der Waals surface area (Å²) in [6.07, 6.45) is 0. The molecular formula is C36H34N6. The van der Waals surface area contributed by atoms with E-state index in [9.17, 15) is 0 Å². The third kappa shape index (κ3) is 4.40. The van der Waals surface area contributed by atoms with E-state index in [1.54, 1.807) is 0 Å². The van der Waals surface area contributed by atoms with Crippen LogP contribution in [0.1, 0.15) is 54.8 Å². The summed E-state index contributed by atoms with van der Waals surface area (Å²) >= 11 is 0. The van der Waals surface area contributed by atoms with Crippen molar-refractivity contribution in [2.24, 2.45) is 9.98 Å². The smallest absolute Gasteiger partial charge is 0.179 e. The van der Waals surface area contributed by atoms with Gasteiger partial charge in [0.15, 0.2) is 17.5 Å². The number of anilines is 2. The van der Waals surface area contributed by atoms with Crippen LogP contribution in [0.15, 0.2) is 113 Å². The van der Waals surface area contributed by atoms with Gasteiger partial charge in [-0.15, -0.1) is 0 Å². The second-order valence-corrected chi connectivity index (χ2v) is 12.1. The van der Waals surface area contributed by atoms with E-state index in [0.29, 0.717) is 5.84 Å². The highest BCUT2D eigenvalue weighted by Crippen LogP contribution is 2.48. The molecule has 5 aromatic rings. The molecule has 0 amide bonds. The minimum atomic E-state index is -0.148. The van der Waals surface area contributed by atoms with Gasteiger partial charge in [-0.05, 0) is 66.8 Å². The quantitative estimate of drug-likeness (QED) is 0.245. The van der Waals surface area contributed by atoms with Crippen molar-refractivity contribution in [1.82, 2.24) is 9.78 Å². The molecule has 6 nitrogen and oxygen atoms in total. The third-order valence-electron chi connectivity index (χ3n) is 8.05. The summed E-state index contributed by atoms with van der Waals surface area (Å²) in [6, 6.07) is 35.8. The second-order valence-electron chi connectivity index (χ2n) is 12.1. The lowest BCUT2D eigenvalue weighted by molar-refractivity contribution is 0.589. The van der Waals surface area contributed by atoms with Gasteiger partial charge in [-0.25, -0.2) is 14.7 Å². The molecule has 1 unspecified atom stereocenters. The second kappa shape index (κ2) is 9.84. The van der Waals surface area contributed by atoms with Gasteiger partial charge in [0, 0.05) is 11.3 Å². The number of aromatic nitrogens is 2. The summed E-state index contributed by atoms with van der Waals surface area (Å²) in [5, 5.41) is 8.64. The predicted molar refractivity (Wildman–Crippen MR) is 173 cm³/mol. The Labute approximate surface area is 247 Å². The standard InChI is InChI=1S/C36H34N6/c1-23-15-21-27(22-16-23)37-33-35-39-34-31(24(2)40-42(34)28-11-7-6-8-12-28)32(25-17-19-26(20-18-25)36(3,4)5)41(35)30-14-10-9-13-29(30)38-33/h6-22,32H,1-5H3,(H,37,38). The van der Waals surface area contributed by atoms with E-state index < -0.39 is 0 Å². The van der Waals surface area contributed by atoms with Crippen molar-refractivity contribution in [1.29, 1.82) is 0 Å². The van der Waals surface area contributed by atoms with E-state index in [0.717, 1.165) is 45.7 Å². The Hall–Kier alpha value is -4.97. The zero-order valence-electron chi connectivity index (χ0n) is 24.6. The van der Waals surface area contributed by atoms with Crippen molar-refractivity contribution in [2.75, 3.05) is 10.2 Å². The van der Waals surface area contributed by atoms with Gasteiger partial charge in [0.1, 0.15) is 0 Å². The molecular weight excluding hydrogens is 516 g/mol. The van der Waals surface area contributed by atoms with E-state index in [1.165, 1.54) is 16.7 Å². The maximum Gasteiger partial charge on any atom is 0.179 e. The Bertz CT molecular complexity index is 1840. The molecule has 6 heteroatoms. The van der Waals surface area contributed by atoms with Crippen molar-refractivity contribution in [3.63, 3.8) is 0 Å². The lowest BCUT2D eigenvalue weighted by Gasteiger charge is -2.40. The molecule has 2 aliphatic heterocycles. The summed E-state index contributed by atoms with van der Waals surface area (Å²) in [7, 11) is 0. The third-order valence-corrected chi connectivity index (χ3v) is 8.05. The van der Waals surface area contributed by atoms with Crippen molar-refractivity contribution in [2.45, 2.75) is 46.1 Å². The number of nitrogens with zero attached hydrogens (tertiary/aromatic N) is 5. The molecule has 0 saturated heterocycles. The highest BCUT2D eigenvalue weighted by Gasteiger charge is 2.41. The Morgan fingerprint density at radius 1 is 0.738 bits per heavy atom. The van der Waals surface area contributed by atoms with E-state index in [1.807, 2.05) is 28.9 Å². The average molecular weight is 551 g/mol. The van der Waals surface area contributed by atoms with Crippen molar-refractivity contribution < 1.29 is 0 Å². The van der Waals surface area contributed by atoms with E-state index in [-0.39, 0.29) is 11.5 Å². The molecule has 0 saturated carbocycles. The molecule has 0 radical (unpaired) electrons. The van der Waals surface area contributed by atoms with Crippen LogP contribution in [-0.2, 0) is 5.41 Å². The Morgan fingerprint density at radius 2 is 1.43 bits per heavy atom. The average Bonchev–Trinajstić information content (AvgIpc) is 3.33. The zero-order chi connectivity index (χ0) is 29.0. The SMILES string of the molecule is Cc1ccc(NC2=Nc3ccccc3N3C2=Nc2c(c(C)nn2-c2ccccc2)C3c2ccc(C(C)(C)C)cc2)cc1. The molecule has 1 N–H and O–H groups in total. The lowest BCUT2D eigenvalue weighted by Crippen LogP contribution is -2.46. The molecule has 0 spiro atoms. The molecule has 7 rings (SSSR count). The number of hydrogen-bond donors (Lipinski definition) is 1. The van der Waals surface area contributed by atoms with Gasteiger partial charge in [0.2, 0.25) is 0 Å². The summed E-state index contributed by atoms with van der Waals surface area (Å²) in [5.74, 6) is 2.30. The van der Waals surface area contributed by atoms with E-state index in [2.05, 4.69) is 124 Å². The number of fused-ring (bicyclic) bond motifs is 4. The van der Waals surface area contributed by atoms with Crippen LogP contribution in [0, 0.1) is 13.8 Å². The number of nitrogens with one attached hydrogen (secondary N) is 1.